The molecule has 1 aliphatic heterocycles. The third-order valence-corrected chi connectivity index (χ3v) is 6.16. The van der Waals surface area contributed by atoms with E-state index in [2.05, 4.69) is 10.6 Å². The van der Waals surface area contributed by atoms with Gasteiger partial charge in [-0.2, -0.15) is 0 Å². The maximum atomic E-state index is 12.7. The zero-order valence-electron chi connectivity index (χ0n) is 19.7. The van der Waals surface area contributed by atoms with Crippen molar-refractivity contribution in [2.75, 3.05) is 28.6 Å². The smallest absolute Gasteiger partial charge is 0.326 e. The Morgan fingerprint density at radius 1 is 0.971 bits per heavy atom. The molecule has 35 heavy (non-hydrogen) atoms. The predicted octanol–water partition coefficient (Wildman–Crippen LogP) is 5.08. The first kappa shape index (κ1) is 24.0. The molecule has 7 heteroatoms. The number of carboxylic acid groups (broad SMARTS) is 1. The summed E-state index contributed by atoms with van der Waals surface area (Å²) >= 11 is 0. The van der Waals surface area contributed by atoms with Crippen LogP contribution in [0.15, 0.2) is 72.8 Å². The number of aliphatic carboxylic acids is 1. The van der Waals surface area contributed by atoms with E-state index in [1.807, 2.05) is 79.7 Å². The molecule has 3 N–H and O–H groups in total. The molecule has 7 nitrogen and oxygen atoms in total. The van der Waals surface area contributed by atoms with Gasteiger partial charge in [0.05, 0.1) is 13.0 Å². The van der Waals surface area contributed by atoms with E-state index >= 15 is 0 Å². The summed E-state index contributed by atoms with van der Waals surface area (Å²) in [5, 5.41) is 15.1. The molecule has 0 bridgehead atoms. The number of carboxylic acids is 1. The van der Waals surface area contributed by atoms with Crippen molar-refractivity contribution in [1.29, 1.82) is 0 Å². The number of rotatable bonds is 9. The average molecular weight is 472 g/mol. The fraction of sp³-hybridized carbons (Fsp3) is 0.250. The molecule has 0 spiro atoms. The third-order valence-electron chi connectivity index (χ3n) is 6.16. The summed E-state index contributed by atoms with van der Waals surface area (Å²) in [5.41, 5.74) is 5.37. The van der Waals surface area contributed by atoms with E-state index in [-0.39, 0.29) is 37.1 Å². The first-order valence-electron chi connectivity index (χ1n) is 11.7. The third kappa shape index (κ3) is 6.26. The van der Waals surface area contributed by atoms with Crippen molar-refractivity contribution in [2.24, 2.45) is 0 Å². The molecule has 180 valence electrons. The van der Waals surface area contributed by atoms with Crippen molar-refractivity contribution in [2.45, 2.75) is 32.1 Å². The van der Waals surface area contributed by atoms with Crippen LogP contribution >= 0.6 is 0 Å². The van der Waals surface area contributed by atoms with Crippen LogP contribution in [0.3, 0.4) is 0 Å². The number of hydrogen-bond donors (Lipinski definition) is 3. The molecule has 2 amide bonds. The van der Waals surface area contributed by atoms with E-state index in [1.165, 1.54) is 5.56 Å². The van der Waals surface area contributed by atoms with Gasteiger partial charge in [0.25, 0.3) is 0 Å². The van der Waals surface area contributed by atoms with Crippen LogP contribution in [0.25, 0.3) is 0 Å². The lowest BCUT2D eigenvalue weighted by Gasteiger charge is -2.18. The summed E-state index contributed by atoms with van der Waals surface area (Å²) in [7, 11) is 0. The topological polar surface area (TPSA) is 98.7 Å². The Morgan fingerprint density at radius 3 is 2.51 bits per heavy atom. The quantitative estimate of drug-likeness (QED) is 0.404. The number of para-hydroxylation sites is 1. The first-order valence-corrected chi connectivity index (χ1v) is 11.7. The van der Waals surface area contributed by atoms with Gasteiger partial charge in [0.1, 0.15) is 0 Å². The highest BCUT2D eigenvalue weighted by atomic mass is 16.4. The Labute approximate surface area is 204 Å². The van der Waals surface area contributed by atoms with Crippen LogP contribution in [0.2, 0.25) is 0 Å². The van der Waals surface area contributed by atoms with Gasteiger partial charge >= 0.3 is 12.0 Å². The molecule has 4 rings (SSSR count). The second-order valence-corrected chi connectivity index (χ2v) is 8.85. The lowest BCUT2D eigenvalue weighted by molar-refractivity contribution is -0.137. The number of hydrogen-bond acceptors (Lipinski definition) is 4. The van der Waals surface area contributed by atoms with Crippen LogP contribution < -0.4 is 15.5 Å². The second kappa shape index (κ2) is 10.9. The van der Waals surface area contributed by atoms with Gasteiger partial charge in [0.2, 0.25) is 0 Å². The Morgan fingerprint density at radius 2 is 1.74 bits per heavy atom. The van der Waals surface area contributed by atoms with E-state index in [1.54, 1.807) is 4.90 Å². The molecule has 1 atom stereocenters. The van der Waals surface area contributed by atoms with Crippen molar-refractivity contribution >= 4 is 34.8 Å². The van der Waals surface area contributed by atoms with Crippen LogP contribution in [0, 0.1) is 0 Å². The average Bonchev–Trinajstić information content (AvgIpc) is 3.28. The standard InChI is InChI=1S/C28H29N3O4/c1-19(15-27(33)34)22-6-4-7-24(17-22)29-18-25(32)16-20-9-11-23(12-10-20)30-28(35)31-14-13-21-5-2-3-8-26(21)31/h2-12,17,19,29H,13-16,18H2,1H3,(H,30,35)(H,33,34). The highest BCUT2D eigenvalue weighted by molar-refractivity contribution is 6.03. The molecule has 3 aromatic carbocycles. The molecule has 0 saturated carbocycles. The molecule has 0 fully saturated rings. The van der Waals surface area contributed by atoms with Gasteiger partial charge in [0, 0.05) is 30.0 Å². The van der Waals surface area contributed by atoms with Crippen molar-refractivity contribution in [3.8, 4) is 0 Å². The molecule has 0 aromatic heterocycles. The molecule has 0 radical (unpaired) electrons. The van der Waals surface area contributed by atoms with E-state index in [9.17, 15) is 14.4 Å². The lowest BCUT2D eigenvalue weighted by atomic mass is 9.97. The molecule has 1 unspecified atom stereocenters. The van der Waals surface area contributed by atoms with Gasteiger partial charge in [-0.15, -0.1) is 0 Å². The summed E-state index contributed by atoms with van der Waals surface area (Å²) in [6, 6.07) is 22.6. The van der Waals surface area contributed by atoms with Crippen LogP contribution in [-0.4, -0.2) is 36.0 Å². The SMILES string of the molecule is CC(CC(=O)O)c1cccc(NCC(=O)Cc2ccc(NC(=O)N3CCc4ccccc43)cc2)c1. The lowest BCUT2D eigenvalue weighted by Crippen LogP contribution is -2.33. The highest BCUT2D eigenvalue weighted by Crippen LogP contribution is 2.28. The monoisotopic (exact) mass is 471 g/mol. The van der Waals surface area contributed by atoms with Crippen LogP contribution in [-0.2, 0) is 22.4 Å². The largest absolute Gasteiger partial charge is 0.481 e. The number of amides is 2. The normalized spacial score (nSPS) is 13.1. The molecule has 0 aliphatic carbocycles. The van der Waals surface area contributed by atoms with Gasteiger partial charge in [0.15, 0.2) is 5.78 Å². The molecule has 1 aliphatic rings. The van der Waals surface area contributed by atoms with Crippen molar-refractivity contribution < 1.29 is 19.5 Å². The van der Waals surface area contributed by atoms with Gasteiger partial charge in [-0.1, -0.05) is 49.4 Å². The van der Waals surface area contributed by atoms with Gasteiger partial charge in [-0.3, -0.25) is 14.5 Å². The Balaban J connectivity index is 1.27. The van der Waals surface area contributed by atoms with Gasteiger partial charge in [-0.05, 0) is 59.4 Å². The number of fused-ring (bicyclic) bond motifs is 1. The van der Waals surface area contributed by atoms with E-state index in [0.717, 1.165) is 28.9 Å². The Kier molecular flexibility index (Phi) is 7.45. The number of carbonyl (C=O) groups excluding carboxylic acids is 2. The minimum absolute atomic E-state index is 0.0273. The number of Topliss-reactive ketones (excluding diaryl/α,β-unsaturated/α-hetero) is 1. The summed E-state index contributed by atoms with van der Waals surface area (Å²) in [6.07, 6.45) is 1.18. The second-order valence-electron chi connectivity index (χ2n) is 8.85. The first-order chi connectivity index (χ1) is 16.9. The molecule has 0 saturated heterocycles. The fourth-order valence-electron chi connectivity index (χ4n) is 4.27. The molecule has 1 heterocycles. The number of ketones is 1. The molecule has 3 aromatic rings. The number of benzene rings is 3. The Bertz CT molecular complexity index is 1220. The number of carbonyl (C=O) groups is 3. The van der Waals surface area contributed by atoms with Crippen molar-refractivity contribution in [3.63, 3.8) is 0 Å². The Hall–Kier alpha value is -4.13. The zero-order chi connectivity index (χ0) is 24.8. The summed E-state index contributed by atoms with van der Waals surface area (Å²) < 4.78 is 0. The maximum absolute atomic E-state index is 12.7. The predicted molar refractivity (Wildman–Crippen MR) is 137 cm³/mol. The minimum Gasteiger partial charge on any atom is -0.481 e. The summed E-state index contributed by atoms with van der Waals surface area (Å²) in [5.74, 6) is -0.915. The molecular formula is C28H29N3O4. The number of nitrogens with zero attached hydrogens (tertiary/aromatic N) is 1. The summed E-state index contributed by atoms with van der Waals surface area (Å²) in [4.78, 5) is 37.9. The number of urea groups is 1. The maximum Gasteiger partial charge on any atom is 0.326 e. The zero-order valence-corrected chi connectivity index (χ0v) is 19.7. The fourth-order valence-corrected chi connectivity index (χ4v) is 4.27. The molecular weight excluding hydrogens is 442 g/mol. The van der Waals surface area contributed by atoms with Crippen LogP contribution in [0.1, 0.15) is 36.0 Å². The van der Waals surface area contributed by atoms with Crippen LogP contribution in [0.5, 0.6) is 0 Å². The van der Waals surface area contributed by atoms with Crippen molar-refractivity contribution in [1.82, 2.24) is 0 Å². The number of nitrogens with one attached hydrogen (secondary N) is 2. The van der Waals surface area contributed by atoms with E-state index < -0.39 is 5.97 Å². The van der Waals surface area contributed by atoms with Gasteiger partial charge in [-0.25, -0.2) is 4.79 Å². The van der Waals surface area contributed by atoms with Crippen molar-refractivity contribution in [3.05, 3.63) is 89.5 Å². The summed E-state index contributed by atoms with van der Waals surface area (Å²) in [6.45, 7) is 2.70. The minimum atomic E-state index is -0.835. The number of anilines is 3. The van der Waals surface area contributed by atoms with E-state index in [4.69, 9.17) is 5.11 Å². The van der Waals surface area contributed by atoms with Crippen LogP contribution in [0.4, 0.5) is 21.9 Å². The van der Waals surface area contributed by atoms with E-state index in [0.29, 0.717) is 12.2 Å². The van der Waals surface area contributed by atoms with Gasteiger partial charge < -0.3 is 15.7 Å². The highest BCUT2D eigenvalue weighted by Gasteiger charge is 2.24.